The molecule has 0 saturated carbocycles. The fraction of sp³-hybridized carbons (Fsp3) is 0.571. The Morgan fingerprint density at radius 1 is 0.812 bits per heavy atom. The summed E-state index contributed by atoms with van der Waals surface area (Å²) in [5.74, 6) is 0. The predicted molar refractivity (Wildman–Crippen MR) is 70.6 cm³/mol. The molecule has 0 aromatic heterocycles. The lowest BCUT2D eigenvalue weighted by Crippen LogP contribution is -2.19. The van der Waals surface area contributed by atoms with Gasteiger partial charge in [-0.2, -0.15) is 0 Å². The molecule has 2 heteroatoms. The average molecular weight is 220 g/mol. The lowest BCUT2D eigenvalue weighted by atomic mass is 10.0. The van der Waals surface area contributed by atoms with Crippen molar-refractivity contribution in [2.75, 3.05) is 28.2 Å². The first-order chi connectivity index (χ1) is 7.43. The maximum Gasteiger partial charge on any atom is 0.0313 e. The fourth-order valence-corrected chi connectivity index (χ4v) is 1.68. The van der Waals surface area contributed by atoms with Gasteiger partial charge in [-0.25, -0.2) is 0 Å². The van der Waals surface area contributed by atoms with E-state index in [1.807, 2.05) is 0 Å². The monoisotopic (exact) mass is 220 g/mol. The Morgan fingerprint density at radius 3 is 1.50 bits per heavy atom. The predicted octanol–water partition coefficient (Wildman–Crippen LogP) is 2.93. The second kappa shape index (κ2) is 5.46. The van der Waals surface area contributed by atoms with Gasteiger partial charge in [-0.1, -0.05) is 24.3 Å². The molecule has 1 aromatic carbocycles. The zero-order valence-corrected chi connectivity index (χ0v) is 11.4. The molecule has 16 heavy (non-hydrogen) atoms. The van der Waals surface area contributed by atoms with Crippen LogP contribution in [0.15, 0.2) is 24.3 Å². The largest absolute Gasteiger partial charge is 0.303 e. The highest BCUT2D eigenvalue weighted by atomic mass is 15.1. The van der Waals surface area contributed by atoms with Gasteiger partial charge in [-0.3, -0.25) is 0 Å². The van der Waals surface area contributed by atoms with Crippen molar-refractivity contribution in [1.82, 2.24) is 9.80 Å². The fourth-order valence-electron chi connectivity index (χ4n) is 1.68. The standard InChI is InChI=1S/C14H24N2/c1-11(15(3)4)13-8-7-9-14(10-13)12(2)16(5)6/h7-12H,1-6H3/t11-,12-/m0/s1. The van der Waals surface area contributed by atoms with Crippen molar-refractivity contribution in [3.8, 4) is 0 Å². The number of hydrogen-bond acceptors (Lipinski definition) is 2. The number of benzene rings is 1. The Bertz CT molecular complexity index is 302. The van der Waals surface area contributed by atoms with Crippen LogP contribution >= 0.6 is 0 Å². The van der Waals surface area contributed by atoms with Crippen LogP contribution in [0.5, 0.6) is 0 Å². The molecule has 2 atom stereocenters. The van der Waals surface area contributed by atoms with Crippen LogP contribution in [0.3, 0.4) is 0 Å². The third-order valence-corrected chi connectivity index (χ3v) is 3.42. The van der Waals surface area contributed by atoms with Crippen LogP contribution in [0.2, 0.25) is 0 Å². The second-order valence-corrected chi connectivity index (χ2v) is 4.95. The van der Waals surface area contributed by atoms with E-state index in [4.69, 9.17) is 0 Å². The number of nitrogens with zero attached hydrogens (tertiary/aromatic N) is 2. The first-order valence-electron chi connectivity index (χ1n) is 5.86. The molecule has 0 unspecified atom stereocenters. The third-order valence-electron chi connectivity index (χ3n) is 3.42. The molecule has 2 nitrogen and oxygen atoms in total. The molecule has 0 fully saturated rings. The van der Waals surface area contributed by atoms with Gasteiger partial charge in [0.15, 0.2) is 0 Å². The molecule has 1 rings (SSSR count). The molecule has 0 heterocycles. The van der Waals surface area contributed by atoms with Gasteiger partial charge < -0.3 is 9.80 Å². The Balaban J connectivity index is 2.95. The van der Waals surface area contributed by atoms with E-state index in [1.54, 1.807) is 0 Å². The topological polar surface area (TPSA) is 6.48 Å². The quantitative estimate of drug-likeness (QED) is 0.770. The Labute approximate surface area is 99.9 Å². The van der Waals surface area contributed by atoms with E-state index < -0.39 is 0 Å². The van der Waals surface area contributed by atoms with Crippen molar-refractivity contribution >= 4 is 0 Å². The van der Waals surface area contributed by atoms with Gasteiger partial charge >= 0.3 is 0 Å². The van der Waals surface area contributed by atoms with E-state index in [2.05, 4.69) is 76.1 Å². The molecular weight excluding hydrogens is 196 g/mol. The number of hydrogen-bond donors (Lipinski definition) is 0. The van der Waals surface area contributed by atoms with E-state index in [-0.39, 0.29) is 0 Å². The maximum atomic E-state index is 2.31. The van der Waals surface area contributed by atoms with Crippen LogP contribution in [0.25, 0.3) is 0 Å². The lowest BCUT2D eigenvalue weighted by Gasteiger charge is -2.24. The minimum atomic E-state index is 0.467. The molecule has 1 aromatic rings. The van der Waals surface area contributed by atoms with Crippen molar-refractivity contribution in [2.45, 2.75) is 25.9 Å². The van der Waals surface area contributed by atoms with E-state index in [9.17, 15) is 0 Å². The summed E-state index contributed by atoms with van der Waals surface area (Å²) >= 11 is 0. The summed E-state index contributed by atoms with van der Waals surface area (Å²) in [6.45, 7) is 4.47. The van der Waals surface area contributed by atoms with E-state index in [1.165, 1.54) is 11.1 Å². The van der Waals surface area contributed by atoms with Gasteiger partial charge in [-0.05, 0) is 53.2 Å². The van der Waals surface area contributed by atoms with Crippen LogP contribution in [0.4, 0.5) is 0 Å². The van der Waals surface area contributed by atoms with Crippen LogP contribution in [-0.4, -0.2) is 38.0 Å². The first kappa shape index (κ1) is 13.2. The lowest BCUT2D eigenvalue weighted by molar-refractivity contribution is 0.313. The molecule has 0 amide bonds. The highest BCUT2D eigenvalue weighted by molar-refractivity contribution is 5.27. The van der Waals surface area contributed by atoms with Crippen molar-refractivity contribution < 1.29 is 0 Å². The molecule has 0 bridgehead atoms. The van der Waals surface area contributed by atoms with Gasteiger partial charge in [0.1, 0.15) is 0 Å². The van der Waals surface area contributed by atoms with E-state index in [0.29, 0.717) is 12.1 Å². The molecule has 0 N–H and O–H groups in total. The van der Waals surface area contributed by atoms with Crippen molar-refractivity contribution in [1.29, 1.82) is 0 Å². The molecular formula is C14H24N2. The second-order valence-electron chi connectivity index (χ2n) is 4.95. The van der Waals surface area contributed by atoms with Crippen molar-refractivity contribution in [3.05, 3.63) is 35.4 Å². The average Bonchev–Trinajstić information content (AvgIpc) is 2.26. The minimum Gasteiger partial charge on any atom is -0.303 e. The summed E-state index contributed by atoms with van der Waals surface area (Å²) in [6.07, 6.45) is 0. The van der Waals surface area contributed by atoms with Gasteiger partial charge in [0.25, 0.3) is 0 Å². The van der Waals surface area contributed by atoms with Crippen LogP contribution in [0, 0.1) is 0 Å². The molecule has 0 aliphatic carbocycles. The molecule has 0 spiro atoms. The summed E-state index contributed by atoms with van der Waals surface area (Å²) in [7, 11) is 8.47. The zero-order chi connectivity index (χ0) is 12.3. The van der Waals surface area contributed by atoms with Gasteiger partial charge in [-0.15, -0.1) is 0 Å². The van der Waals surface area contributed by atoms with Crippen LogP contribution in [0.1, 0.15) is 37.1 Å². The number of rotatable bonds is 4. The maximum absolute atomic E-state index is 2.31. The van der Waals surface area contributed by atoms with Crippen molar-refractivity contribution in [2.24, 2.45) is 0 Å². The molecule has 0 radical (unpaired) electrons. The van der Waals surface area contributed by atoms with Gasteiger partial charge in [0.05, 0.1) is 0 Å². The van der Waals surface area contributed by atoms with E-state index in [0.717, 1.165) is 0 Å². The minimum absolute atomic E-state index is 0.467. The molecule has 0 aliphatic heterocycles. The Kier molecular flexibility index (Phi) is 4.51. The zero-order valence-electron chi connectivity index (χ0n) is 11.4. The molecule has 90 valence electrons. The summed E-state index contributed by atoms with van der Waals surface area (Å²) in [4.78, 5) is 4.47. The Morgan fingerprint density at radius 2 is 1.19 bits per heavy atom. The Hall–Kier alpha value is -0.860. The van der Waals surface area contributed by atoms with Crippen LogP contribution in [-0.2, 0) is 0 Å². The van der Waals surface area contributed by atoms with Crippen LogP contribution < -0.4 is 0 Å². The first-order valence-corrected chi connectivity index (χ1v) is 5.86. The SMILES string of the molecule is C[C@@H](c1cccc([C@H](C)N(C)C)c1)N(C)C. The summed E-state index contributed by atoms with van der Waals surface area (Å²) in [5.41, 5.74) is 2.77. The normalized spacial score (nSPS) is 15.5. The highest BCUT2D eigenvalue weighted by Crippen LogP contribution is 2.23. The summed E-state index contributed by atoms with van der Waals surface area (Å²) in [6, 6.07) is 9.82. The smallest absolute Gasteiger partial charge is 0.0313 e. The van der Waals surface area contributed by atoms with E-state index >= 15 is 0 Å². The van der Waals surface area contributed by atoms with Gasteiger partial charge in [0, 0.05) is 12.1 Å². The summed E-state index contributed by atoms with van der Waals surface area (Å²) < 4.78 is 0. The molecule has 0 saturated heterocycles. The highest BCUT2D eigenvalue weighted by Gasteiger charge is 2.11. The van der Waals surface area contributed by atoms with Crippen molar-refractivity contribution in [3.63, 3.8) is 0 Å². The molecule has 0 aliphatic rings. The summed E-state index contributed by atoms with van der Waals surface area (Å²) in [5, 5.41) is 0. The van der Waals surface area contributed by atoms with Gasteiger partial charge in [0.2, 0.25) is 0 Å². The third kappa shape index (κ3) is 3.06.